The van der Waals surface area contributed by atoms with E-state index in [4.69, 9.17) is 33.7 Å². The molecule has 1 aromatic carbocycles. The predicted molar refractivity (Wildman–Crippen MR) is 116 cm³/mol. The molecule has 0 saturated carbocycles. The first kappa shape index (κ1) is 22.7. The summed E-state index contributed by atoms with van der Waals surface area (Å²) in [5.74, 6) is -0.633. The second kappa shape index (κ2) is 10.3. The highest BCUT2D eigenvalue weighted by atomic mass is 35.5. The third-order valence-electron chi connectivity index (χ3n) is 4.11. The minimum absolute atomic E-state index is 0.0491. The average Bonchev–Trinajstić information content (AvgIpc) is 2.67. The van der Waals surface area contributed by atoms with E-state index in [1.54, 1.807) is 18.2 Å². The minimum Gasteiger partial charge on any atom is -0.383 e. The van der Waals surface area contributed by atoms with Gasteiger partial charge < -0.3 is 10.5 Å². The lowest BCUT2D eigenvalue weighted by atomic mass is 10.2. The van der Waals surface area contributed by atoms with Crippen molar-refractivity contribution in [3.63, 3.8) is 0 Å². The summed E-state index contributed by atoms with van der Waals surface area (Å²) in [7, 11) is 1.47. The van der Waals surface area contributed by atoms with Crippen molar-refractivity contribution in [1.29, 1.82) is 0 Å². The first-order valence-corrected chi connectivity index (χ1v) is 9.62. The predicted octanol–water partition coefficient (Wildman–Crippen LogP) is 2.53. The van der Waals surface area contributed by atoms with Crippen molar-refractivity contribution in [2.45, 2.75) is 19.9 Å². The summed E-state index contributed by atoms with van der Waals surface area (Å²) in [4.78, 5) is 40.8. The number of carbonyl (C=O) groups excluding carboxylic acids is 1. The average molecular weight is 441 g/mol. The van der Waals surface area contributed by atoms with Crippen LogP contribution in [-0.4, -0.2) is 35.7 Å². The van der Waals surface area contributed by atoms with Gasteiger partial charge in [-0.1, -0.05) is 36.2 Å². The van der Waals surface area contributed by atoms with Crippen molar-refractivity contribution in [2.24, 2.45) is 0 Å². The SMILES string of the molecule is CCCn1c(N)c(N(CCOC)C(=O)/C=C/c2c(Cl)cccc2Cl)c(=O)[nH]c1=O. The number of nitrogens with two attached hydrogens (primary N) is 1. The smallest absolute Gasteiger partial charge is 0.330 e. The van der Waals surface area contributed by atoms with Crippen LogP contribution in [0.5, 0.6) is 0 Å². The Bertz CT molecular complexity index is 1010. The van der Waals surface area contributed by atoms with E-state index in [0.29, 0.717) is 28.6 Å². The van der Waals surface area contributed by atoms with Crippen LogP contribution in [0.25, 0.3) is 6.08 Å². The number of amides is 1. The molecule has 0 atom stereocenters. The first-order chi connectivity index (χ1) is 13.8. The van der Waals surface area contributed by atoms with Crippen LogP contribution in [0.3, 0.4) is 0 Å². The number of carbonyl (C=O) groups is 1. The van der Waals surface area contributed by atoms with Crippen LogP contribution in [-0.2, 0) is 16.1 Å². The Balaban J connectivity index is 2.51. The Morgan fingerprint density at radius 3 is 2.55 bits per heavy atom. The maximum Gasteiger partial charge on any atom is 0.330 e. The second-order valence-corrected chi connectivity index (χ2v) is 6.91. The van der Waals surface area contributed by atoms with Crippen molar-refractivity contribution in [2.75, 3.05) is 30.9 Å². The Kier molecular flexibility index (Phi) is 8.07. The van der Waals surface area contributed by atoms with Crippen molar-refractivity contribution in [1.82, 2.24) is 9.55 Å². The highest BCUT2D eigenvalue weighted by molar-refractivity contribution is 6.37. The zero-order valence-corrected chi connectivity index (χ0v) is 17.6. The number of nitrogens with one attached hydrogen (secondary N) is 1. The van der Waals surface area contributed by atoms with Crippen LogP contribution in [0.4, 0.5) is 11.5 Å². The van der Waals surface area contributed by atoms with Gasteiger partial charge in [-0.2, -0.15) is 0 Å². The summed E-state index contributed by atoms with van der Waals surface area (Å²) in [5, 5.41) is 0.748. The fourth-order valence-corrected chi connectivity index (χ4v) is 3.24. The number of nitrogens with zero attached hydrogens (tertiary/aromatic N) is 2. The summed E-state index contributed by atoms with van der Waals surface area (Å²) in [6.07, 6.45) is 3.31. The van der Waals surface area contributed by atoms with E-state index < -0.39 is 17.2 Å². The zero-order valence-electron chi connectivity index (χ0n) is 16.1. The van der Waals surface area contributed by atoms with E-state index in [1.165, 1.54) is 23.8 Å². The number of hydrogen-bond acceptors (Lipinski definition) is 5. The van der Waals surface area contributed by atoms with Crippen molar-refractivity contribution < 1.29 is 9.53 Å². The molecular weight excluding hydrogens is 419 g/mol. The lowest BCUT2D eigenvalue weighted by molar-refractivity contribution is -0.114. The number of H-pyrrole nitrogens is 1. The molecule has 0 bridgehead atoms. The highest BCUT2D eigenvalue weighted by Crippen LogP contribution is 2.26. The number of aromatic amines is 1. The zero-order chi connectivity index (χ0) is 21.6. The molecule has 0 aliphatic heterocycles. The summed E-state index contributed by atoms with van der Waals surface area (Å²) in [6.45, 7) is 2.36. The maximum atomic E-state index is 12.9. The van der Waals surface area contributed by atoms with Crippen LogP contribution in [0, 0.1) is 0 Å². The van der Waals surface area contributed by atoms with Gasteiger partial charge in [-0.3, -0.25) is 24.0 Å². The van der Waals surface area contributed by atoms with Crippen LogP contribution in [0.2, 0.25) is 10.0 Å². The lowest BCUT2D eigenvalue weighted by Gasteiger charge is -2.23. The molecule has 0 fully saturated rings. The molecule has 10 heteroatoms. The Labute approximate surface area is 177 Å². The Morgan fingerprint density at radius 2 is 1.97 bits per heavy atom. The monoisotopic (exact) mass is 440 g/mol. The molecule has 8 nitrogen and oxygen atoms in total. The van der Waals surface area contributed by atoms with Gasteiger partial charge in [0.2, 0.25) is 0 Å². The number of nitrogen functional groups attached to an aromatic ring is 1. The van der Waals surface area contributed by atoms with Crippen LogP contribution in [0.15, 0.2) is 33.9 Å². The van der Waals surface area contributed by atoms with E-state index in [0.717, 1.165) is 4.90 Å². The number of anilines is 2. The van der Waals surface area contributed by atoms with Crippen LogP contribution in [0.1, 0.15) is 18.9 Å². The van der Waals surface area contributed by atoms with E-state index in [2.05, 4.69) is 4.98 Å². The Hall–Kier alpha value is -2.55. The molecule has 0 saturated heterocycles. The number of aromatic nitrogens is 2. The standard InChI is InChI=1S/C19H22Cl2N4O4/c1-3-9-25-17(22)16(18(27)23-19(25)28)24(10-11-29-2)15(26)8-7-12-13(20)5-4-6-14(12)21/h4-8H,3,9-11,22H2,1-2H3,(H,23,27,28)/b8-7+. The quantitative estimate of drug-likeness (QED) is 0.612. The van der Waals surface area contributed by atoms with Crippen molar-refractivity contribution in [3.8, 4) is 0 Å². The Morgan fingerprint density at radius 1 is 1.31 bits per heavy atom. The fraction of sp³-hybridized carbons (Fsp3) is 0.316. The molecule has 0 aliphatic carbocycles. The van der Waals surface area contributed by atoms with Gasteiger partial charge in [0, 0.05) is 41.9 Å². The summed E-state index contributed by atoms with van der Waals surface area (Å²) < 4.78 is 6.27. The number of halogens is 2. The van der Waals surface area contributed by atoms with E-state index >= 15 is 0 Å². The molecule has 0 unspecified atom stereocenters. The molecule has 2 rings (SSSR count). The molecule has 156 valence electrons. The van der Waals surface area contributed by atoms with Gasteiger partial charge in [0.25, 0.3) is 11.5 Å². The van der Waals surface area contributed by atoms with E-state index in [-0.39, 0.29) is 24.7 Å². The van der Waals surface area contributed by atoms with Crippen LogP contribution < -0.4 is 21.9 Å². The van der Waals surface area contributed by atoms with Crippen LogP contribution >= 0.6 is 23.2 Å². The summed E-state index contributed by atoms with van der Waals surface area (Å²) >= 11 is 12.2. The van der Waals surface area contributed by atoms with Gasteiger partial charge in [-0.15, -0.1) is 0 Å². The minimum atomic E-state index is -0.756. The van der Waals surface area contributed by atoms with Gasteiger partial charge in [-0.05, 0) is 24.6 Å². The lowest BCUT2D eigenvalue weighted by Crippen LogP contribution is -2.42. The van der Waals surface area contributed by atoms with Crippen molar-refractivity contribution >= 4 is 46.7 Å². The molecule has 2 aromatic rings. The van der Waals surface area contributed by atoms with Gasteiger partial charge in [0.1, 0.15) is 5.82 Å². The third-order valence-corrected chi connectivity index (χ3v) is 4.77. The molecule has 1 heterocycles. The van der Waals surface area contributed by atoms with E-state index in [9.17, 15) is 14.4 Å². The summed E-state index contributed by atoms with van der Waals surface area (Å²) in [5.41, 5.74) is 5.04. The molecule has 0 radical (unpaired) electrons. The molecule has 1 amide bonds. The normalized spacial score (nSPS) is 11.2. The molecule has 29 heavy (non-hydrogen) atoms. The van der Waals surface area contributed by atoms with Gasteiger partial charge in [0.15, 0.2) is 5.69 Å². The molecule has 1 aromatic heterocycles. The molecule has 0 aliphatic rings. The second-order valence-electron chi connectivity index (χ2n) is 6.10. The number of methoxy groups -OCH3 is 1. The van der Waals surface area contributed by atoms with Gasteiger partial charge in [-0.25, -0.2) is 4.79 Å². The first-order valence-electron chi connectivity index (χ1n) is 8.86. The topological polar surface area (TPSA) is 110 Å². The molecule has 3 N–H and O–H groups in total. The highest BCUT2D eigenvalue weighted by Gasteiger charge is 2.22. The van der Waals surface area contributed by atoms with Crippen molar-refractivity contribution in [3.05, 3.63) is 60.7 Å². The number of benzene rings is 1. The van der Waals surface area contributed by atoms with Gasteiger partial charge >= 0.3 is 5.69 Å². The maximum absolute atomic E-state index is 12.9. The summed E-state index contributed by atoms with van der Waals surface area (Å²) in [6, 6.07) is 4.97. The van der Waals surface area contributed by atoms with E-state index in [1.807, 2.05) is 6.92 Å². The molecule has 0 spiro atoms. The number of hydrogen-bond donors (Lipinski definition) is 2. The third kappa shape index (κ3) is 5.29. The van der Waals surface area contributed by atoms with Gasteiger partial charge in [0.05, 0.1) is 6.61 Å². The fourth-order valence-electron chi connectivity index (χ4n) is 2.71. The molecular formula is C19H22Cl2N4O4. The largest absolute Gasteiger partial charge is 0.383 e. The number of rotatable bonds is 8. The number of ether oxygens (including phenoxy) is 1.